The first-order chi connectivity index (χ1) is 11.6. The number of benzene rings is 1. The molecule has 24 heavy (non-hydrogen) atoms. The molecule has 0 radical (unpaired) electrons. The SMILES string of the molecule is O=C(OCCOc1ccnc2ccccc12)C1C2CS(=O)(=O)CC21. The fourth-order valence-corrected chi connectivity index (χ4v) is 5.71. The van der Waals surface area contributed by atoms with Crippen molar-refractivity contribution in [3.8, 4) is 5.75 Å². The Hall–Kier alpha value is -2.15. The van der Waals surface area contributed by atoms with Crippen molar-refractivity contribution in [1.29, 1.82) is 0 Å². The van der Waals surface area contributed by atoms with Crippen LogP contribution in [0.4, 0.5) is 0 Å². The molecule has 1 saturated carbocycles. The van der Waals surface area contributed by atoms with Crippen molar-refractivity contribution in [3.63, 3.8) is 0 Å². The second kappa shape index (κ2) is 5.73. The minimum Gasteiger partial charge on any atom is -0.489 e. The predicted molar refractivity (Wildman–Crippen MR) is 87.3 cm³/mol. The van der Waals surface area contributed by atoms with E-state index in [0.717, 1.165) is 10.9 Å². The number of aromatic nitrogens is 1. The van der Waals surface area contributed by atoms with Crippen molar-refractivity contribution in [3.05, 3.63) is 36.5 Å². The van der Waals surface area contributed by atoms with Crippen LogP contribution in [-0.2, 0) is 19.4 Å². The van der Waals surface area contributed by atoms with Gasteiger partial charge in [0.05, 0.1) is 22.9 Å². The summed E-state index contributed by atoms with van der Waals surface area (Å²) in [6, 6.07) is 9.43. The van der Waals surface area contributed by atoms with E-state index in [-0.39, 0.29) is 48.4 Å². The molecule has 126 valence electrons. The van der Waals surface area contributed by atoms with Gasteiger partial charge in [-0.2, -0.15) is 0 Å². The Balaban J connectivity index is 1.27. The van der Waals surface area contributed by atoms with Crippen LogP contribution in [-0.4, -0.2) is 44.1 Å². The van der Waals surface area contributed by atoms with Crippen molar-refractivity contribution in [1.82, 2.24) is 4.98 Å². The van der Waals surface area contributed by atoms with Crippen LogP contribution in [0.15, 0.2) is 36.5 Å². The van der Waals surface area contributed by atoms with Crippen LogP contribution in [0.25, 0.3) is 10.9 Å². The first kappa shape index (κ1) is 15.4. The summed E-state index contributed by atoms with van der Waals surface area (Å²) in [5, 5.41) is 0.910. The van der Waals surface area contributed by atoms with E-state index in [2.05, 4.69) is 4.98 Å². The topological polar surface area (TPSA) is 82.6 Å². The molecule has 1 aliphatic heterocycles. The third-order valence-electron chi connectivity index (χ3n) is 4.69. The quantitative estimate of drug-likeness (QED) is 0.601. The van der Waals surface area contributed by atoms with E-state index in [1.807, 2.05) is 24.3 Å². The van der Waals surface area contributed by atoms with Crippen molar-refractivity contribution < 1.29 is 22.7 Å². The Bertz CT molecular complexity index is 871. The molecule has 0 N–H and O–H groups in total. The van der Waals surface area contributed by atoms with E-state index >= 15 is 0 Å². The average Bonchev–Trinajstić information content (AvgIpc) is 3.10. The molecule has 2 heterocycles. The summed E-state index contributed by atoms with van der Waals surface area (Å²) in [5.41, 5.74) is 0.846. The Labute approximate surface area is 139 Å². The van der Waals surface area contributed by atoms with Gasteiger partial charge in [-0.05, 0) is 30.0 Å². The molecular weight excluding hydrogens is 330 g/mol. The normalized spacial score (nSPS) is 26.8. The largest absolute Gasteiger partial charge is 0.489 e. The van der Waals surface area contributed by atoms with Crippen molar-refractivity contribution in [2.75, 3.05) is 24.7 Å². The lowest BCUT2D eigenvalue weighted by molar-refractivity contribution is -0.146. The van der Waals surface area contributed by atoms with Crippen LogP contribution in [0, 0.1) is 17.8 Å². The number of fused-ring (bicyclic) bond motifs is 2. The molecule has 0 bridgehead atoms. The number of rotatable bonds is 5. The van der Waals surface area contributed by atoms with E-state index in [1.165, 1.54) is 0 Å². The van der Waals surface area contributed by atoms with Crippen LogP contribution in [0.1, 0.15) is 0 Å². The molecule has 1 aromatic carbocycles. The van der Waals surface area contributed by atoms with Crippen LogP contribution in [0.3, 0.4) is 0 Å². The predicted octanol–water partition coefficient (Wildman–Crippen LogP) is 1.45. The molecule has 1 aromatic heterocycles. The molecule has 1 aliphatic carbocycles. The number of sulfone groups is 1. The number of carbonyl (C=O) groups is 1. The summed E-state index contributed by atoms with van der Waals surface area (Å²) in [7, 11) is -2.93. The highest BCUT2D eigenvalue weighted by Gasteiger charge is 2.62. The zero-order valence-electron chi connectivity index (χ0n) is 12.9. The van der Waals surface area contributed by atoms with E-state index in [1.54, 1.807) is 12.3 Å². The van der Waals surface area contributed by atoms with Gasteiger partial charge in [0.25, 0.3) is 0 Å². The Kier molecular flexibility index (Phi) is 3.68. The zero-order chi connectivity index (χ0) is 16.7. The lowest BCUT2D eigenvalue weighted by Crippen LogP contribution is -2.19. The smallest absolute Gasteiger partial charge is 0.309 e. The van der Waals surface area contributed by atoms with Gasteiger partial charge < -0.3 is 9.47 Å². The molecular formula is C17H17NO5S. The minimum absolute atomic E-state index is 0.0347. The summed E-state index contributed by atoms with van der Waals surface area (Å²) in [6.07, 6.45) is 1.68. The molecule has 7 heteroatoms. The van der Waals surface area contributed by atoms with E-state index < -0.39 is 9.84 Å². The molecule has 6 nitrogen and oxygen atoms in total. The molecule has 0 amide bonds. The Morgan fingerprint density at radius 3 is 2.67 bits per heavy atom. The molecule has 2 atom stereocenters. The lowest BCUT2D eigenvalue weighted by Gasteiger charge is -2.10. The number of ether oxygens (including phenoxy) is 2. The first-order valence-corrected chi connectivity index (χ1v) is 9.71. The van der Waals surface area contributed by atoms with Gasteiger partial charge in [0.15, 0.2) is 9.84 Å². The van der Waals surface area contributed by atoms with E-state index in [4.69, 9.17) is 9.47 Å². The number of hydrogen-bond acceptors (Lipinski definition) is 6. The van der Waals surface area contributed by atoms with Crippen LogP contribution in [0.2, 0.25) is 0 Å². The average molecular weight is 347 g/mol. The number of nitrogens with zero attached hydrogens (tertiary/aromatic N) is 1. The highest BCUT2D eigenvalue weighted by Crippen LogP contribution is 2.53. The number of carbonyl (C=O) groups excluding carboxylic acids is 1. The highest BCUT2D eigenvalue weighted by atomic mass is 32.2. The van der Waals surface area contributed by atoms with Crippen LogP contribution < -0.4 is 4.74 Å². The second-order valence-corrected chi connectivity index (χ2v) is 8.43. The fourth-order valence-electron chi connectivity index (χ4n) is 3.49. The van der Waals surface area contributed by atoms with E-state index in [0.29, 0.717) is 5.75 Å². The molecule has 0 spiro atoms. The summed E-state index contributed by atoms with van der Waals surface area (Å²) in [6.45, 7) is 0.401. The maximum atomic E-state index is 12.0. The highest BCUT2D eigenvalue weighted by molar-refractivity contribution is 7.91. The van der Waals surface area contributed by atoms with Crippen molar-refractivity contribution in [2.45, 2.75) is 0 Å². The van der Waals surface area contributed by atoms with Gasteiger partial charge in [-0.15, -0.1) is 0 Å². The van der Waals surface area contributed by atoms with Gasteiger partial charge in [0.1, 0.15) is 19.0 Å². The van der Waals surface area contributed by atoms with Crippen LogP contribution >= 0.6 is 0 Å². The maximum absolute atomic E-state index is 12.0. The molecule has 2 unspecified atom stereocenters. The maximum Gasteiger partial charge on any atom is 0.309 e. The Morgan fingerprint density at radius 1 is 1.12 bits per heavy atom. The summed E-state index contributed by atoms with van der Waals surface area (Å²) in [4.78, 5) is 16.2. The molecule has 1 saturated heterocycles. The standard InChI is InChI=1S/C17H17NO5S/c19-17(16-12-9-24(20,21)10-13(12)16)23-8-7-22-15-5-6-18-14-4-2-1-3-11(14)15/h1-6,12-13,16H,7-10H2. The second-order valence-electron chi connectivity index (χ2n) is 6.27. The third-order valence-corrected chi connectivity index (χ3v) is 6.48. The van der Waals surface area contributed by atoms with Gasteiger partial charge in [-0.3, -0.25) is 9.78 Å². The van der Waals surface area contributed by atoms with Crippen molar-refractivity contribution >= 4 is 26.7 Å². The Morgan fingerprint density at radius 2 is 1.88 bits per heavy atom. The van der Waals surface area contributed by atoms with Gasteiger partial charge in [0.2, 0.25) is 0 Å². The molecule has 2 aliphatic rings. The molecule has 2 fully saturated rings. The van der Waals surface area contributed by atoms with Gasteiger partial charge in [-0.1, -0.05) is 12.1 Å². The fraction of sp³-hybridized carbons (Fsp3) is 0.412. The van der Waals surface area contributed by atoms with Crippen LogP contribution in [0.5, 0.6) is 5.75 Å². The lowest BCUT2D eigenvalue weighted by atomic mass is 10.2. The number of para-hydroxylation sites is 1. The minimum atomic E-state index is -2.93. The van der Waals surface area contributed by atoms with Gasteiger partial charge in [-0.25, -0.2) is 8.42 Å². The van der Waals surface area contributed by atoms with Gasteiger partial charge >= 0.3 is 5.97 Å². The van der Waals surface area contributed by atoms with E-state index in [9.17, 15) is 13.2 Å². The monoisotopic (exact) mass is 347 g/mol. The van der Waals surface area contributed by atoms with Crippen molar-refractivity contribution in [2.24, 2.45) is 17.8 Å². The van der Waals surface area contributed by atoms with Gasteiger partial charge in [0, 0.05) is 11.6 Å². The first-order valence-electron chi connectivity index (χ1n) is 7.89. The number of hydrogen-bond donors (Lipinski definition) is 0. The summed E-state index contributed by atoms with van der Waals surface area (Å²) in [5.74, 6) is 0.331. The summed E-state index contributed by atoms with van der Waals surface area (Å²) >= 11 is 0. The summed E-state index contributed by atoms with van der Waals surface area (Å²) < 4.78 is 33.7. The number of esters is 1. The zero-order valence-corrected chi connectivity index (χ0v) is 13.7. The number of pyridine rings is 1. The molecule has 2 aromatic rings. The molecule has 4 rings (SSSR count). The third kappa shape index (κ3) is 2.84.